The monoisotopic (exact) mass is 254 g/mol. The number of methoxy groups -OCH3 is 1. The normalized spacial score (nSPS) is 13.4. The number of nitrogens with two attached hydrogens (primary N) is 1. The molecule has 7 nitrogen and oxygen atoms in total. The lowest BCUT2D eigenvalue weighted by Crippen LogP contribution is -2.47. The lowest BCUT2D eigenvalue weighted by atomic mass is 10.4. The van der Waals surface area contributed by atoms with E-state index in [4.69, 9.17) is 10.6 Å². The zero-order valence-corrected chi connectivity index (χ0v) is 11.2. The number of guanidine groups is 1. The maximum atomic E-state index is 5.40. The van der Waals surface area contributed by atoms with E-state index in [1.165, 1.54) is 0 Å². The van der Waals surface area contributed by atoms with Crippen molar-refractivity contribution in [2.45, 2.75) is 19.4 Å². The molecule has 0 bridgehead atoms. The van der Waals surface area contributed by atoms with Crippen molar-refractivity contribution in [3.63, 3.8) is 0 Å². The Morgan fingerprint density at radius 1 is 1.67 bits per heavy atom. The topological polar surface area (TPSA) is 89.5 Å². The SMILES string of the molecule is COCC(C)NC(=NCCc1nccn1C)NN. The van der Waals surface area contributed by atoms with Crippen LogP contribution in [0.5, 0.6) is 0 Å². The Morgan fingerprint density at radius 3 is 3.00 bits per heavy atom. The molecule has 4 N–H and O–H groups in total. The van der Waals surface area contributed by atoms with Gasteiger partial charge >= 0.3 is 0 Å². The van der Waals surface area contributed by atoms with E-state index >= 15 is 0 Å². The van der Waals surface area contributed by atoms with Gasteiger partial charge in [-0.1, -0.05) is 0 Å². The highest BCUT2D eigenvalue weighted by Crippen LogP contribution is 1.95. The zero-order valence-electron chi connectivity index (χ0n) is 11.2. The Hall–Kier alpha value is -1.60. The molecule has 1 atom stereocenters. The van der Waals surface area contributed by atoms with Crippen LogP contribution in [0.1, 0.15) is 12.7 Å². The molecule has 7 heteroatoms. The molecule has 1 aromatic rings. The molecular weight excluding hydrogens is 232 g/mol. The third kappa shape index (κ3) is 4.72. The van der Waals surface area contributed by atoms with E-state index in [1.807, 2.05) is 24.7 Å². The second kappa shape index (κ2) is 7.67. The van der Waals surface area contributed by atoms with Crippen molar-refractivity contribution in [1.82, 2.24) is 20.3 Å². The van der Waals surface area contributed by atoms with Crippen molar-refractivity contribution in [2.24, 2.45) is 17.9 Å². The Bertz CT molecular complexity index is 375. The van der Waals surface area contributed by atoms with Gasteiger partial charge in [0.05, 0.1) is 6.61 Å². The number of ether oxygens (including phenoxy) is 1. The van der Waals surface area contributed by atoms with Gasteiger partial charge in [0.1, 0.15) is 5.82 Å². The minimum atomic E-state index is 0.151. The average Bonchev–Trinajstić information content (AvgIpc) is 2.74. The van der Waals surface area contributed by atoms with Crippen molar-refractivity contribution in [1.29, 1.82) is 0 Å². The second-order valence-electron chi connectivity index (χ2n) is 4.08. The lowest BCUT2D eigenvalue weighted by molar-refractivity contribution is 0.179. The van der Waals surface area contributed by atoms with Crippen LogP contribution in [-0.4, -0.2) is 41.8 Å². The van der Waals surface area contributed by atoms with Crippen molar-refractivity contribution in [3.8, 4) is 0 Å². The first-order chi connectivity index (χ1) is 8.67. The molecule has 0 aromatic carbocycles. The van der Waals surface area contributed by atoms with Gasteiger partial charge in [0.15, 0.2) is 0 Å². The highest BCUT2D eigenvalue weighted by atomic mass is 16.5. The Morgan fingerprint density at radius 2 is 2.44 bits per heavy atom. The number of imidazole rings is 1. The van der Waals surface area contributed by atoms with Gasteiger partial charge in [-0.3, -0.25) is 10.4 Å². The predicted octanol–water partition coefficient (Wildman–Crippen LogP) is -0.594. The van der Waals surface area contributed by atoms with Gasteiger partial charge in [-0.15, -0.1) is 0 Å². The molecule has 0 aliphatic rings. The zero-order chi connectivity index (χ0) is 13.4. The highest BCUT2D eigenvalue weighted by Gasteiger charge is 2.04. The molecule has 0 saturated carbocycles. The summed E-state index contributed by atoms with van der Waals surface area (Å²) < 4.78 is 7.01. The standard InChI is InChI=1S/C11H22N6O/c1-9(8-18-3)15-11(16-12)14-5-4-10-13-6-7-17(10)2/h6-7,9H,4-5,8,12H2,1-3H3,(H2,14,15,16). The third-order valence-corrected chi connectivity index (χ3v) is 2.46. The van der Waals surface area contributed by atoms with E-state index in [1.54, 1.807) is 13.3 Å². The fourth-order valence-corrected chi connectivity index (χ4v) is 1.56. The Balaban J connectivity index is 2.40. The molecular formula is C11H22N6O. The summed E-state index contributed by atoms with van der Waals surface area (Å²) in [6.45, 7) is 3.21. The van der Waals surface area contributed by atoms with Gasteiger partial charge in [-0.05, 0) is 6.92 Å². The lowest BCUT2D eigenvalue weighted by Gasteiger charge is -2.15. The number of rotatable bonds is 6. The van der Waals surface area contributed by atoms with Crippen molar-refractivity contribution >= 4 is 5.96 Å². The molecule has 0 aliphatic carbocycles. The van der Waals surface area contributed by atoms with Crippen LogP contribution in [0.3, 0.4) is 0 Å². The Labute approximate surface area is 107 Å². The molecule has 0 saturated heterocycles. The fourth-order valence-electron chi connectivity index (χ4n) is 1.56. The molecule has 1 rings (SSSR count). The summed E-state index contributed by atoms with van der Waals surface area (Å²) in [7, 11) is 3.62. The summed E-state index contributed by atoms with van der Waals surface area (Å²) in [6, 6.07) is 0.151. The quantitative estimate of drug-likeness (QED) is 0.273. The second-order valence-corrected chi connectivity index (χ2v) is 4.08. The van der Waals surface area contributed by atoms with E-state index in [9.17, 15) is 0 Å². The minimum Gasteiger partial charge on any atom is -0.383 e. The third-order valence-electron chi connectivity index (χ3n) is 2.46. The maximum Gasteiger partial charge on any atom is 0.206 e. The first-order valence-electron chi connectivity index (χ1n) is 5.90. The van der Waals surface area contributed by atoms with Crippen LogP contribution in [0.4, 0.5) is 0 Å². The first-order valence-corrected chi connectivity index (χ1v) is 5.90. The van der Waals surface area contributed by atoms with Gasteiger partial charge < -0.3 is 14.6 Å². The molecule has 0 aliphatic heterocycles. The van der Waals surface area contributed by atoms with E-state index in [0.717, 1.165) is 12.2 Å². The van der Waals surface area contributed by atoms with Gasteiger partial charge in [0, 0.05) is 45.6 Å². The van der Waals surface area contributed by atoms with E-state index in [2.05, 4.69) is 20.7 Å². The molecule has 1 heterocycles. The van der Waals surface area contributed by atoms with Gasteiger partial charge in [0.2, 0.25) is 5.96 Å². The van der Waals surface area contributed by atoms with Gasteiger partial charge in [0.25, 0.3) is 0 Å². The van der Waals surface area contributed by atoms with Crippen LogP contribution >= 0.6 is 0 Å². The highest BCUT2D eigenvalue weighted by molar-refractivity contribution is 5.79. The summed E-state index contributed by atoms with van der Waals surface area (Å²) in [5.74, 6) is 6.97. The van der Waals surface area contributed by atoms with Gasteiger partial charge in [-0.2, -0.15) is 0 Å². The van der Waals surface area contributed by atoms with Crippen LogP contribution in [0.2, 0.25) is 0 Å². The summed E-state index contributed by atoms with van der Waals surface area (Å²) in [5, 5.41) is 3.12. The molecule has 1 unspecified atom stereocenters. The fraction of sp³-hybridized carbons (Fsp3) is 0.636. The van der Waals surface area contributed by atoms with E-state index in [-0.39, 0.29) is 6.04 Å². The summed E-state index contributed by atoms with van der Waals surface area (Å²) in [6.07, 6.45) is 4.47. The van der Waals surface area contributed by atoms with E-state index < -0.39 is 0 Å². The van der Waals surface area contributed by atoms with Crippen LogP contribution in [0, 0.1) is 0 Å². The number of hydrogen-bond donors (Lipinski definition) is 3. The number of aromatic nitrogens is 2. The number of hydrazine groups is 1. The number of nitrogens with zero attached hydrogens (tertiary/aromatic N) is 3. The number of aliphatic imine (C=N–C) groups is 1. The van der Waals surface area contributed by atoms with Crippen molar-refractivity contribution in [3.05, 3.63) is 18.2 Å². The van der Waals surface area contributed by atoms with Crippen molar-refractivity contribution < 1.29 is 4.74 Å². The van der Waals surface area contributed by atoms with Crippen molar-refractivity contribution in [2.75, 3.05) is 20.3 Å². The molecule has 1 aromatic heterocycles. The average molecular weight is 254 g/mol. The first kappa shape index (κ1) is 14.5. The summed E-state index contributed by atoms with van der Waals surface area (Å²) >= 11 is 0. The number of hydrogen-bond acceptors (Lipinski definition) is 4. The molecule has 102 valence electrons. The van der Waals surface area contributed by atoms with Gasteiger partial charge in [-0.25, -0.2) is 10.8 Å². The van der Waals surface area contributed by atoms with Crippen LogP contribution < -0.4 is 16.6 Å². The Kier molecular flexibility index (Phi) is 6.16. The minimum absolute atomic E-state index is 0.151. The maximum absolute atomic E-state index is 5.40. The molecule has 0 fully saturated rings. The van der Waals surface area contributed by atoms with E-state index in [0.29, 0.717) is 19.1 Å². The molecule has 0 spiro atoms. The smallest absolute Gasteiger partial charge is 0.206 e. The molecule has 18 heavy (non-hydrogen) atoms. The number of nitrogens with one attached hydrogen (secondary N) is 2. The number of aryl methyl sites for hydroxylation is 1. The summed E-state index contributed by atoms with van der Waals surface area (Å²) in [5.41, 5.74) is 2.54. The van der Waals surface area contributed by atoms with Crippen LogP contribution in [0.15, 0.2) is 17.4 Å². The summed E-state index contributed by atoms with van der Waals surface area (Å²) in [4.78, 5) is 8.57. The predicted molar refractivity (Wildman–Crippen MR) is 71.0 cm³/mol. The molecule has 0 radical (unpaired) electrons. The largest absolute Gasteiger partial charge is 0.383 e. The molecule has 0 amide bonds. The van der Waals surface area contributed by atoms with Crippen LogP contribution in [0.25, 0.3) is 0 Å². The van der Waals surface area contributed by atoms with Crippen LogP contribution in [-0.2, 0) is 18.2 Å².